The van der Waals surface area contributed by atoms with Gasteiger partial charge < -0.3 is 22.1 Å². The summed E-state index contributed by atoms with van der Waals surface area (Å²) in [5.74, 6) is 0. The van der Waals surface area contributed by atoms with E-state index >= 15 is 0 Å². The van der Waals surface area contributed by atoms with Crippen LogP contribution in [-0.4, -0.2) is 44.5 Å². The van der Waals surface area contributed by atoms with E-state index in [0.29, 0.717) is 12.2 Å². The Morgan fingerprint density at radius 1 is 1.09 bits per heavy atom. The molecule has 0 aliphatic rings. The zero-order valence-corrected chi connectivity index (χ0v) is 21.2. The molecule has 6 nitrogen and oxygen atoms in total. The van der Waals surface area contributed by atoms with E-state index in [9.17, 15) is 0 Å². The van der Waals surface area contributed by atoms with Crippen molar-refractivity contribution in [1.82, 2.24) is 4.90 Å². The maximum atomic E-state index is 6.69. The third-order valence-corrected chi connectivity index (χ3v) is 4.96. The second kappa shape index (κ2) is 18.6. The predicted molar refractivity (Wildman–Crippen MR) is 147 cm³/mol. The van der Waals surface area contributed by atoms with Crippen molar-refractivity contribution in [3.63, 3.8) is 0 Å². The average molecular weight is 453 g/mol. The maximum Gasteiger partial charge on any atom is 0.0900 e. The summed E-state index contributed by atoms with van der Waals surface area (Å²) in [6.07, 6.45) is 14.1. The molecule has 0 aliphatic carbocycles. The Kier molecular flexibility index (Phi) is 16.9. The van der Waals surface area contributed by atoms with E-state index in [2.05, 4.69) is 43.4 Å². The van der Waals surface area contributed by atoms with Crippen molar-refractivity contribution in [1.29, 1.82) is 0 Å². The van der Waals surface area contributed by atoms with Crippen LogP contribution in [0.2, 0.25) is 0 Å². The number of hydrogen-bond acceptors (Lipinski definition) is 6. The van der Waals surface area contributed by atoms with Crippen molar-refractivity contribution >= 4 is 18.1 Å². The first kappa shape index (κ1) is 30.0. The standard InChI is InChI=1S/C26H39N5.CH5N/c1-6-8-9-10-17-30-24(15-18-29-4)26(31(5)19-16-22(7-2)20-27)25(28)23-13-11-21(3)12-14-23;1-2/h7,11-16,18-19H,4,6,8-10,17,20,27-28H2,1-3,5H3;2H2,1H3/b18-15-,19-16-,22-7+,26-25-,30-24?;. The molecule has 0 aromatic heterocycles. The molecule has 1 aromatic rings. The van der Waals surface area contributed by atoms with Crippen molar-refractivity contribution in [2.24, 2.45) is 27.2 Å². The largest absolute Gasteiger partial charge is 0.396 e. The molecule has 0 aliphatic heterocycles. The van der Waals surface area contributed by atoms with E-state index in [1.165, 1.54) is 31.9 Å². The molecule has 0 saturated heterocycles. The van der Waals surface area contributed by atoms with Gasteiger partial charge >= 0.3 is 0 Å². The van der Waals surface area contributed by atoms with E-state index in [0.717, 1.165) is 35.5 Å². The highest BCUT2D eigenvalue weighted by molar-refractivity contribution is 6.12. The fraction of sp³-hybridized carbons (Fsp3) is 0.407. The normalized spacial score (nSPS) is 13.1. The topological polar surface area (TPSA) is 106 Å². The Labute approximate surface area is 201 Å². The average Bonchev–Trinajstić information content (AvgIpc) is 2.84. The van der Waals surface area contributed by atoms with Gasteiger partial charge in [0.1, 0.15) is 0 Å². The van der Waals surface area contributed by atoms with Gasteiger partial charge in [-0.25, -0.2) is 0 Å². The summed E-state index contributed by atoms with van der Waals surface area (Å²) in [6, 6.07) is 8.19. The molecule has 0 fully saturated rings. The Hall–Kier alpha value is -2.96. The molecular formula is C27H44N6. The molecule has 6 heteroatoms. The van der Waals surface area contributed by atoms with Crippen molar-refractivity contribution in [2.45, 2.75) is 46.5 Å². The van der Waals surface area contributed by atoms with E-state index in [1.54, 1.807) is 6.20 Å². The molecule has 0 heterocycles. The SMILES string of the molecule is C=N/C=C\C(=NCCCCCC)/C(=C(/N)c1ccc(C)cc1)N(C)/C=C\C(=C/C)CN.CN. The molecule has 6 N–H and O–H groups in total. The first-order valence-corrected chi connectivity index (χ1v) is 11.6. The number of rotatable bonds is 13. The van der Waals surface area contributed by atoms with Crippen molar-refractivity contribution in [2.75, 3.05) is 27.2 Å². The van der Waals surface area contributed by atoms with Gasteiger partial charge in [0, 0.05) is 32.5 Å². The van der Waals surface area contributed by atoms with Crippen LogP contribution >= 0.6 is 0 Å². The molecule has 0 atom stereocenters. The number of nitrogens with zero attached hydrogens (tertiary/aromatic N) is 3. The molecule has 0 unspecified atom stereocenters. The van der Waals surface area contributed by atoms with E-state index < -0.39 is 0 Å². The number of aliphatic imine (C=N–C) groups is 2. The molecule has 33 heavy (non-hydrogen) atoms. The number of hydrogen-bond donors (Lipinski definition) is 3. The van der Waals surface area contributed by atoms with Gasteiger partial charge in [0.25, 0.3) is 0 Å². The first-order chi connectivity index (χ1) is 16.0. The van der Waals surface area contributed by atoms with Gasteiger partial charge in [0.2, 0.25) is 0 Å². The third-order valence-electron chi connectivity index (χ3n) is 4.96. The fourth-order valence-electron chi connectivity index (χ4n) is 3.01. The number of allylic oxidation sites excluding steroid dienone is 2. The van der Waals surface area contributed by atoms with Crippen LogP contribution in [0.5, 0.6) is 0 Å². The zero-order chi connectivity index (χ0) is 25.1. The zero-order valence-electron chi connectivity index (χ0n) is 21.2. The smallest absolute Gasteiger partial charge is 0.0900 e. The summed E-state index contributed by atoms with van der Waals surface area (Å²) in [4.78, 5) is 10.8. The highest BCUT2D eigenvalue weighted by Crippen LogP contribution is 2.20. The molecule has 182 valence electrons. The monoisotopic (exact) mass is 452 g/mol. The summed E-state index contributed by atoms with van der Waals surface area (Å²) in [5.41, 5.74) is 22.4. The van der Waals surface area contributed by atoms with Gasteiger partial charge in [-0.05, 0) is 57.3 Å². The van der Waals surface area contributed by atoms with Gasteiger partial charge in [-0.1, -0.05) is 62.1 Å². The quantitative estimate of drug-likeness (QED) is 0.227. The lowest BCUT2D eigenvalue weighted by molar-refractivity contribution is 0.598. The first-order valence-electron chi connectivity index (χ1n) is 11.6. The Balaban J connectivity index is 0.00000497. The van der Waals surface area contributed by atoms with Gasteiger partial charge in [0.05, 0.1) is 17.1 Å². The van der Waals surface area contributed by atoms with Gasteiger partial charge in [-0.3, -0.25) is 9.98 Å². The van der Waals surface area contributed by atoms with Crippen molar-refractivity contribution in [3.05, 3.63) is 77.3 Å². The summed E-state index contributed by atoms with van der Waals surface area (Å²) in [5, 5.41) is 0. The maximum absolute atomic E-state index is 6.69. The Morgan fingerprint density at radius 3 is 2.30 bits per heavy atom. The summed E-state index contributed by atoms with van der Waals surface area (Å²) >= 11 is 0. The predicted octanol–water partition coefficient (Wildman–Crippen LogP) is 4.78. The lowest BCUT2D eigenvalue weighted by Crippen LogP contribution is -2.23. The van der Waals surface area contributed by atoms with Crippen LogP contribution in [0.1, 0.15) is 50.7 Å². The minimum absolute atomic E-state index is 0.478. The fourth-order valence-corrected chi connectivity index (χ4v) is 3.01. The molecule has 0 spiro atoms. The van der Waals surface area contributed by atoms with Crippen LogP contribution in [0.25, 0.3) is 5.70 Å². The minimum Gasteiger partial charge on any atom is -0.396 e. The van der Waals surface area contributed by atoms with Crippen LogP contribution in [-0.2, 0) is 0 Å². The summed E-state index contributed by atoms with van der Waals surface area (Å²) in [6.45, 7) is 11.0. The van der Waals surface area contributed by atoms with Gasteiger partial charge in [-0.2, -0.15) is 0 Å². The number of benzene rings is 1. The van der Waals surface area contributed by atoms with Gasteiger partial charge in [-0.15, -0.1) is 0 Å². The molecule has 0 radical (unpaired) electrons. The van der Waals surface area contributed by atoms with E-state index in [4.69, 9.17) is 16.5 Å². The minimum atomic E-state index is 0.478. The Morgan fingerprint density at radius 2 is 1.76 bits per heavy atom. The number of unbranched alkanes of at least 4 members (excludes halogenated alkanes) is 3. The molecule has 0 saturated carbocycles. The summed E-state index contributed by atoms with van der Waals surface area (Å²) < 4.78 is 0. The second-order valence-corrected chi connectivity index (χ2v) is 7.45. The molecule has 1 rings (SSSR count). The second-order valence-electron chi connectivity index (χ2n) is 7.45. The number of aryl methyl sites for hydroxylation is 1. The van der Waals surface area contributed by atoms with Crippen LogP contribution in [0.3, 0.4) is 0 Å². The lowest BCUT2D eigenvalue weighted by Gasteiger charge is -2.22. The molecular weight excluding hydrogens is 408 g/mol. The Bertz CT molecular complexity index is 829. The number of nitrogens with two attached hydrogens (primary N) is 3. The van der Waals surface area contributed by atoms with Crippen LogP contribution in [0.4, 0.5) is 0 Å². The van der Waals surface area contributed by atoms with Gasteiger partial charge in [0.15, 0.2) is 0 Å². The van der Waals surface area contributed by atoms with Crippen LogP contribution < -0.4 is 17.2 Å². The van der Waals surface area contributed by atoms with Crippen LogP contribution in [0.15, 0.2) is 76.1 Å². The highest BCUT2D eigenvalue weighted by Gasteiger charge is 2.15. The third kappa shape index (κ3) is 11.5. The van der Waals surface area contributed by atoms with Crippen molar-refractivity contribution < 1.29 is 0 Å². The molecule has 0 amide bonds. The van der Waals surface area contributed by atoms with E-state index in [-0.39, 0.29) is 0 Å². The van der Waals surface area contributed by atoms with Crippen LogP contribution in [0, 0.1) is 6.92 Å². The lowest BCUT2D eigenvalue weighted by atomic mass is 10.1. The molecule has 1 aromatic carbocycles. The molecule has 0 bridgehead atoms. The summed E-state index contributed by atoms with van der Waals surface area (Å²) in [7, 11) is 3.47. The van der Waals surface area contributed by atoms with Crippen molar-refractivity contribution in [3.8, 4) is 0 Å². The van der Waals surface area contributed by atoms with E-state index in [1.807, 2.05) is 55.4 Å². The highest BCUT2D eigenvalue weighted by atomic mass is 15.1.